The van der Waals surface area contributed by atoms with E-state index in [1.54, 1.807) is 0 Å². The molecule has 0 aromatic heterocycles. The van der Waals surface area contributed by atoms with Crippen molar-refractivity contribution in [2.75, 3.05) is 0 Å². The summed E-state index contributed by atoms with van der Waals surface area (Å²) in [6, 6.07) is 0. The molecule has 3 nitrogen and oxygen atoms in total. The Labute approximate surface area is 35.2 Å². The average molecular weight is 90.1 g/mol. The molecule has 6 heavy (non-hydrogen) atoms. The maximum Gasteiger partial charge on any atom is 0.217 e. The number of hydrogen-bond donors (Lipinski definition) is 2. The smallest absolute Gasteiger partial charge is 0.217 e. The van der Waals surface area contributed by atoms with Crippen LogP contribution in [0.1, 0.15) is 6.92 Å². The van der Waals surface area contributed by atoms with E-state index in [1.165, 1.54) is 0 Å². The van der Waals surface area contributed by atoms with Crippen LogP contribution >= 0.6 is 0 Å². The lowest BCUT2D eigenvalue weighted by Gasteiger charge is -2.01. The van der Waals surface area contributed by atoms with Crippen LogP contribution in [0.2, 0.25) is 0 Å². The largest absolute Gasteiger partial charge is 0.360 e. The van der Waals surface area contributed by atoms with Crippen molar-refractivity contribution in [1.29, 1.82) is 0 Å². The zero-order valence-corrected chi connectivity index (χ0v) is 3.38. The summed E-state index contributed by atoms with van der Waals surface area (Å²) in [6.07, 6.45) is 0.0486. The lowest BCUT2D eigenvalue weighted by molar-refractivity contribution is -0.161. The van der Waals surface area contributed by atoms with Crippen LogP contribution in [0, 0.1) is 0 Å². The Morgan fingerprint density at radius 2 is 1.83 bits per heavy atom. The molecular weight excluding hydrogens is 84.0 g/mol. The molecule has 0 saturated heterocycles. The third kappa shape index (κ3) is 3.59. The number of carbonyl (C=O) groups is 1. The minimum atomic E-state index is -2.14. The Kier molecular flexibility index (Phi) is 1.27. The van der Waals surface area contributed by atoms with Crippen LogP contribution in [0.4, 0.5) is 0 Å². The van der Waals surface area contributed by atoms with Crippen molar-refractivity contribution < 1.29 is 15.0 Å². The van der Waals surface area contributed by atoms with E-state index in [4.69, 9.17) is 10.2 Å². The van der Waals surface area contributed by atoms with E-state index in [2.05, 4.69) is 0 Å². The molecule has 0 amide bonds. The Bertz CT molecular complexity index is 51.5. The Balaban J connectivity index is 3.45. The highest BCUT2D eigenvalue weighted by Gasteiger charge is 2.10. The zero-order valence-electron chi connectivity index (χ0n) is 3.38. The zero-order chi connectivity index (χ0) is 5.21. The van der Waals surface area contributed by atoms with Crippen LogP contribution < -0.4 is 0 Å². The Morgan fingerprint density at radius 1 is 1.67 bits per heavy atom. The number of rotatable bonds is 1. The molecule has 0 aromatic carbocycles. The van der Waals surface area contributed by atoms with Crippen molar-refractivity contribution in [2.24, 2.45) is 0 Å². The first-order valence-electron chi connectivity index (χ1n) is 1.47. The van der Waals surface area contributed by atoms with E-state index in [-0.39, 0.29) is 6.29 Å². The van der Waals surface area contributed by atoms with Crippen LogP contribution in [-0.2, 0) is 4.79 Å². The molecule has 0 atom stereocenters. The second-order valence-electron chi connectivity index (χ2n) is 1.21. The van der Waals surface area contributed by atoms with Crippen LogP contribution in [0.25, 0.3) is 0 Å². The normalized spacial score (nSPS) is 11.2. The summed E-state index contributed by atoms with van der Waals surface area (Å²) in [5.74, 6) is -2.14. The van der Waals surface area contributed by atoms with Gasteiger partial charge in [-0.25, -0.2) is 0 Å². The van der Waals surface area contributed by atoms with Crippen LogP contribution in [-0.4, -0.2) is 22.3 Å². The molecule has 0 heterocycles. The predicted octanol–water partition coefficient (Wildman–Crippen LogP) is -1.11. The van der Waals surface area contributed by atoms with Crippen molar-refractivity contribution in [3.05, 3.63) is 0 Å². The predicted molar refractivity (Wildman–Crippen MR) is 18.9 cm³/mol. The molecule has 0 radical (unpaired) electrons. The van der Waals surface area contributed by atoms with Crippen LogP contribution in [0.5, 0.6) is 0 Å². The van der Waals surface area contributed by atoms with Crippen molar-refractivity contribution in [3.63, 3.8) is 0 Å². The molecule has 0 unspecified atom stereocenters. The molecule has 2 N–H and O–H groups in total. The molecule has 0 rings (SSSR count). The van der Waals surface area contributed by atoms with Gasteiger partial charge >= 0.3 is 0 Å². The minimum Gasteiger partial charge on any atom is -0.360 e. The van der Waals surface area contributed by atoms with Crippen molar-refractivity contribution >= 4 is 6.29 Å². The number of aldehydes is 1. The monoisotopic (exact) mass is 90.0 g/mol. The van der Waals surface area contributed by atoms with Crippen molar-refractivity contribution in [1.82, 2.24) is 0 Å². The van der Waals surface area contributed by atoms with Crippen LogP contribution in [0.3, 0.4) is 0 Å². The molecule has 0 spiro atoms. The van der Waals surface area contributed by atoms with E-state index >= 15 is 0 Å². The van der Waals surface area contributed by atoms with Gasteiger partial charge in [-0.3, -0.25) is 4.79 Å². The van der Waals surface area contributed by atoms with Gasteiger partial charge in [-0.2, -0.15) is 0 Å². The summed E-state index contributed by atoms with van der Waals surface area (Å²) >= 11 is 0. The topological polar surface area (TPSA) is 57.5 Å². The average Bonchev–Trinajstić information content (AvgIpc) is 1.35. The van der Waals surface area contributed by atoms with Gasteiger partial charge in [0.25, 0.3) is 0 Å². The van der Waals surface area contributed by atoms with E-state index in [9.17, 15) is 4.79 Å². The summed E-state index contributed by atoms with van der Waals surface area (Å²) in [7, 11) is 0. The second kappa shape index (κ2) is 1.36. The fourth-order valence-electron chi connectivity index (χ4n) is 0. The highest BCUT2D eigenvalue weighted by atomic mass is 16.5. The minimum absolute atomic E-state index is 0.0486. The fourth-order valence-corrected chi connectivity index (χ4v) is 0. The van der Waals surface area contributed by atoms with Gasteiger partial charge in [0.2, 0.25) is 5.79 Å². The highest BCUT2D eigenvalue weighted by molar-refractivity contribution is 5.57. The first kappa shape index (κ1) is 5.59. The molecule has 0 fully saturated rings. The molecule has 3 heteroatoms. The molecule has 36 valence electrons. The maximum absolute atomic E-state index is 9.33. The summed E-state index contributed by atoms with van der Waals surface area (Å²) in [4.78, 5) is 9.33. The molecule has 0 aliphatic carbocycles. The quantitative estimate of drug-likeness (QED) is 0.317. The number of carbonyl (C=O) groups excluding carboxylic acids is 1. The molecular formula is C3H6O3. The van der Waals surface area contributed by atoms with Crippen molar-refractivity contribution in [3.8, 4) is 0 Å². The highest BCUT2D eigenvalue weighted by Crippen LogP contribution is 1.85. The lowest BCUT2D eigenvalue weighted by Crippen LogP contribution is -2.23. The van der Waals surface area contributed by atoms with Crippen molar-refractivity contribution in [2.45, 2.75) is 12.7 Å². The van der Waals surface area contributed by atoms with E-state index in [1.807, 2.05) is 0 Å². The van der Waals surface area contributed by atoms with Gasteiger partial charge in [0.15, 0.2) is 6.29 Å². The standard InChI is InChI=1S/C3H6O3/c1-3(5,6)2-4/h2,5-6H,1H3. The first-order valence-corrected chi connectivity index (χ1v) is 1.47. The SMILES string of the molecule is CC(O)(O)C=O. The van der Waals surface area contributed by atoms with Gasteiger partial charge in [0, 0.05) is 0 Å². The molecule has 0 saturated carbocycles. The number of hydrogen-bond acceptors (Lipinski definition) is 3. The van der Waals surface area contributed by atoms with E-state index in [0.717, 1.165) is 6.92 Å². The summed E-state index contributed by atoms with van der Waals surface area (Å²) in [6.45, 7) is 0.986. The van der Waals surface area contributed by atoms with Gasteiger partial charge in [0.1, 0.15) is 0 Å². The molecule has 0 bridgehead atoms. The number of aliphatic hydroxyl groups is 2. The fraction of sp³-hybridized carbons (Fsp3) is 0.667. The van der Waals surface area contributed by atoms with Crippen LogP contribution in [0.15, 0.2) is 0 Å². The molecule has 0 aliphatic heterocycles. The van der Waals surface area contributed by atoms with Gasteiger partial charge in [-0.15, -0.1) is 0 Å². The van der Waals surface area contributed by atoms with Gasteiger partial charge < -0.3 is 10.2 Å². The van der Waals surface area contributed by atoms with Gasteiger partial charge in [-0.1, -0.05) is 0 Å². The molecule has 0 aromatic rings. The summed E-state index contributed by atoms with van der Waals surface area (Å²) < 4.78 is 0. The second-order valence-corrected chi connectivity index (χ2v) is 1.21. The van der Waals surface area contributed by atoms with E-state index < -0.39 is 5.79 Å². The van der Waals surface area contributed by atoms with Gasteiger partial charge in [-0.05, 0) is 6.92 Å². The third-order valence-corrected chi connectivity index (χ3v) is 0.223. The molecule has 0 aliphatic rings. The first-order chi connectivity index (χ1) is 2.56. The maximum atomic E-state index is 9.33. The lowest BCUT2D eigenvalue weighted by atomic mass is 10.4. The van der Waals surface area contributed by atoms with Gasteiger partial charge in [0.05, 0.1) is 0 Å². The Hall–Kier alpha value is -0.410. The summed E-state index contributed by atoms with van der Waals surface area (Å²) in [5.41, 5.74) is 0. The Morgan fingerprint density at radius 3 is 1.83 bits per heavy atom. The summed E-state index contributed by atoms with van der Waals surface area (Å²) in [5, 5.41) is 16.0. The van der Waals surface area contributed by atoms with E-state index in [0.29, 0.717) is 0 Å². The third-order valence-electron chi connectivity index (χ3n) is 0.223.